The minimum atomic E-state index is -0.264. The van der Waals surface area contributed by atoms with Gasteiger partial charge in [-0.25, -0.2) is 4.39 Å². The number of hydrogen-bond donors (Lipinski definition) is 1. The summed E-state index contributed by atoms with van der Waals surface area (Å²) in [6.07, 6.45) is 0. The third-order valence-corrected chi connectivity index (χ3v) is 2.30. The summed E-state index contributed by atoms with van der Waals surface area (Å²) in [5.74, 6) is -0.264. The van der Waals surface area contributed by atoms with Gasteiger partial charge in [-0.3, -0.25) is 0 Å². The van der Waals surface area contributed by atoms with E-state index in [0.29, 0.717) is 11.3 Å². The fourth-order valence-corrected chi connectivity index (χ4v) is 1.47. The molecule has 0 saturated heterocycles. The fraction of sp³-hybridized carbons (Fsp3) is 0.455. The smallest absolute Gasteiger partial charge is 0.146 e. The molecule has 2 nitrogen and oxygen atoms in total. The summed E-state index contributed by atoms with van der Waals surface area (Å²) < 4.78 is 13.5. The highest BCUT2D eigenvalue weighted by Gasteiger charge is 2.08. The molecule has 0 aliphatic heterocycles. The predicted molar refractivity (Wildman–Crippen MR) is 55.9 cm³/mol. The first-order chi connectivity index (χ1) is 6.72. The summed E-state index contributed by atoms with van der Waals surface area (Å²) in [6, 6.07) is 4.85. The van der Waals surface area contributed by atoms with Crippen LogP contribution in [0.4, 0.5) is 10.1 Å². The Hall–Kier alpha value is -1.09. The number of halogens is 1. The van der Waals surface area contributed by atoms with Gasteiger partial charge >= 0.3 is 0 Å². The molecule has 1 rings (SSSR count). The lowest BCUT2D eigenvalue weighted by molar-refractivity contribution is 0.281. The van der Waals surface area contributed by atoms with Crippen LogP contribution in [0.3, 0.4) is 0 Å². The average molecular weight is 197 g/mol. The van der Waals surface area contributed by atoms with E-state index in [-0.39, 0.29) is 12.4 Å². The summed E-state index contributed by atoms with van der Waals surface area (Å²) in [6.45, 7) is 5.43. The van der Waals surface area contributed by atoms with E-state index in [9.17, 15) is 4.39 Å². The van der Waals surface area contributed by atoms with Gasteiger partial charge in [-0.1, -0.05) is 6.07 Å². The zero-order chi connectivity index (χ0) is 10.6. The molecule has 0 aliphatic rings. The molecule has 78 valence electrons. The van der Waals surface area contributed by atoms with E-state index in [0.717, 1.165) is 13.1 Å². The second kappa shape index (κ2) is 4.96. The van der Waals surface area contributed by atoms with Crippen molar-refractivity contribution >= 4 is 5.69 Å². The largest absolute Gasteiger partial charge is 0.392 e. The van der Waals surface area contributed by atoms with E-state index in [1.807, 2.05) is 18.7 Å². The summed E-state index contributed by atoms with van der Waals surface area (Å²) in [7, 11) is 0. The van der Waals surface area contributed by atoms with E-state index in [4.69, 9.17) is 5.11 Å². The van der Waals surface area contributed by atoms with Gasteiger partial charge in [-0.2, -0.15) is 0 Å². The van der Waals surface area contributed by atoms with E-state index < -0.39 is 0 Å². The number of rotatable bonds is 4. The van der Waals surface area contributed by atoms with Crippen LogP contribution in [0.25, 0.3) is 0 Å². The van der Waals surface area contributed by atoms with Crippen molar-refractivity contribution in [2.75, 3.05) is 18.0 Å². The molecular formula is C11H16FNO. The van der Waals surface area contributed by atoms with Gasteiger partial charge in [0.2, 0.25) is 0 Å². The second-order valence-electron chi connectivity index (χ2n) is 3.12. The average Bonchev–Trinajstić information content (AvgIpc) is 2.22. The molecule has 0 aromatic heterocycles. The Morgan fingerprint density at radius 3 is 2.36 bits per heavy atom. The summed E-state index contributed by atoms with van der Waals surface area (Å²) >= 11 is 0. The number of anilines is 1. The third-order valence-electron chi connectivity index (χ3n) is 2.30. The summed E-state index contributed by atoms with van der Waals surface area (Å²) in [5.41, 5.74) is 1.21. The maximum Gasteiger partial charge on any atom is 0.146 e. The standard InChI is InChI=1S/C11H16FNO/c1-3-13(4-2)11-6-5-9(8-14)7-10(11)12/h5-7,14H,3-4,8H2,1-2H3. The Kier molecular flexibility index (Phi) is 3.89. The van der Waals surface area contributed by atoms with Crippen LogP contribution < -0.4 is 4.90 Å². The normalized spacial score (nSPS) is 10.3. The SMILES string of the molecule is CCN(CC)c1ccc(CO)cc1F. The molecule has 0 bridgehead atoms. The lowest BCUT2D eigenvalue weighted by Gasteiger charge is -2.21. The van der Waals surface area contributed by atoms with Gasteiger partial charge in [-0.15, -0.1) is 0 Å². The van der Waals surface area contributed by atoms with Crippen molar-refractivity contribution in [2.24, 2.45) is 0 Å². The van der Waals surface area contributed by atoms with Crippen LogP contribution in [0.5, 0.6) is 0 Å². The van der Waals surface area contributed by atoms with Crippen LogP contribution in [-0.4, -0.2) is 18.2 Å². The van der Waals surface area contributed by atoms with E-state index in [1.165, 1.54) is 6.07 Å². The number of hydrogen-bond acceptors (Lipinski definition) is 2. The molecule has 14 heavy (non-hydrogen) atoms. The van der Waals surface area contributed by atoms with Crippen molar-refractivity contribution in [3.63, 3.8) is 0 Å². The van der Waals surface area contributed by atoms with Crippen molar-refractivity contribution in [3.05, 3.63) is 29.6 Å². The molecule has 0 fully saturated rings. The topological polar surface area (TPSA) is 23.5 Å². The van der Waals surface area contributed by atoms with Gasteiger partial charge in [-0.05, 0) is 31.5 Å². The van der Waals surface area contributed by atoms with Gasteiger partial charge in [0, 0.05) is 13.1 Å². The minimum Gasteiger partial charge on any atom is -0.392 e. The van der Waals surface area contributed by atoms with Crippen molar-refractivity contribution < 1.29 is 9.50 Å². The number of nitrogens with zero attached hydrogens (tertiary/aromatic N) is 1. The van der Waals surface area contributed by atoms with Crippen LogP contribution in [0, 0.1) is 5.82 Å². The van der Waals surface area contributed by atoms with Gasteiger partial charge < -0.3 is 10.0 Å². The Labute approximate surface area is 84.0 Å². The zero-order valence-corrected chi connectivity index (χ0v) is 8.63. The number of benzene rings is 1. The van der Waals surface area contributed by atoms with Gasteiger partial charge in [0.05, 0.1) is 12.3 Å². The maximum absolute atomic E-state index is 13.5. The molecule has 0 aliphatic carbocycles. The lowest BCUT2D eigenvalue weighted by Crippen LogP contribution is -2.22. The highest BCUT2D eigenvalue weighted by atomic mass is 19.1. The van der Waals surface area contributed by atoms with E-state index in [2.05, 4.69) is 0 Å². The number of aliphatic hydroxyl groups is 1. The second-order valence-corrected chi connectivity index (χ2v) is 3.12. The van der Waals surface area contributed by atoms with Crippen LogP contribution in [-0.2, 0) is 6.61 Å². The summed E-state index contributed by atoms with van der Waals surface area (Å²) in [5, 5.41) is 8.83. The van der Waals surface area contributed by atoms with Crippen LogP contribution in [0.1, 0.15) is 19.4 Å². The van der Waals surface area contributed by atoms with Crippen LogP contribution >= 0.6 is 0 Å². The van der Waals surface area contributed by atoms with Crippen molar-refractivity contribution in [2.45, 2.75) is 20.5 Å². The van der Waals surface area contributed by atoms with Crippen molar-refractivity contribution in [1.29, 1.82) is 0 Å². The molecule has 1 N–H and O–H groups in total. The first-order valence-corrected chi connectivity index (χ1v) is 4.87. The van der Waals surface area contributed by atoms with E-state index >= 15 is 0 Å². The Balaban J connectivity index is 2.98. The molecule has 3 heteroatoms. The van der Waals surface area contributed by atoms with Gasteiger partial charge in [0.1, 0.15) is 5.82 Å². The monoisotopic (exact) mass is 197 g/mol. The minimum absolute atomic E-state index is 0.116. The van der Waals surface area contributed by atoms with Gasteiger partial charge in [0.25, 0.3) is 0 Å². The Bertz CT molecular complexity index is 297. The quantitative estimate of drug-likeness (QED) is 0.799. The first-order valence-electron chi connectivity index (χ1n) is 4.87. The molecule has 0 spiro atoms. The van der Waals surface area contributed by atoms with Gasteiger partial charge in [0.15, 0.2) is 0 Å². The maximum atomic E-state index is 13.5. The molecular weight excluding hydrogens is 181 g/mol. The highest BCUT2D eigenvalue weighted by Crippen LogP contribution is 2.20. The first kappa shape index (κ1) is 11.0. The van der Waals surface area contributed by atoms with Crippen LogP contribution in [0.2, 0.25) is 0 Å². The lowest BCUT2D eigenvalue weighted by atomic mass is 10.2. The molecule has 0 atom stereocenters. The molecule has 0 saturated carbocycles. The van der Waals surface area contributed by atoms with Crippen LogP contribution in [0.15, 0.2) is 18.2 Å². The zero-order valence-electron chi connectivity index (χ0n) is 8.63. The number of aliphatic hydroxyl groups excluding tert-OH is 1. The highest BCUT2D eigenvalue weighted by molar-refractivity contribution is 5.48. The Morgan fingerprint density at radius 2 is 1.93 bits per heavy atom. The molecule has 0 radical (unpaired) electrons. The predicted octanol–water partition coefficient (Wildman–Crippen LogP) is 2.16. The van der Waals surface area contributed by atoms with E-state index in [1.54, 1.807) is 12.1 Å². The Morgan fingerprint density at radius 1 is 1.29 bits per heavy atom. The molecule has 1 aromatic carbocycles. The molecule has 0 heterocycles. The van der Waals surface area contributed by atoms with Crippen molar-refractivity contribution in [3.8, 4) is 0 Å². The summed E-state index contributed by atoms with van der Waals surface area (Å²) in [4.78, 5) is 1.94. The molecule has 0 amide bonds. The molecule has 0 unspecified atom stereocenters. The fourth-order valence-electron chi connectivity index (χ4n) is 1.47. The molecule has 1 aromatic rings. The third kappa shape index (κ3) is 2.23. The van der Waals surface area contributed by atoms with Crippen molar-refractivity contribution in [1.82, 2.24) is 0 Å².